The molecule has 10 heavy (non-hydrogen) atoms. The summed E-state index contributed by atoms with van der Waals surface area (Å²) < 4.78 is 20.6. The lowest BCUT2D eigenvalue weighted by Gasteiger charge is -1.94. The monoisotopic (exact) mass is 165 g/mol. The molecule has 0 unspecified atom stereocenters. The number of primary sulfonamides is 1. The maximum absolute atomic E-state index is 10.5. The van der Waals surface area contributed by atoms with Gasteiger partial charge in [-0.1, -0.05) is 6.92 Å². The molecule has 0 aromatic heterocycles. The van der Waals surface area contributed by atoms with Crippen molar-refractivity contribution in [3.05, 3.63) is 0 Å². The van der Waals surface area contributed by atoms with E-state index in [9.17, 15) is 13.2 Å². The van der Waals surface area contributed by atoms with E-state index in [1.807, 2.05) is 0 Å². The summed E-state index contributed by atoms with van der Waals surface area (Å²) in [7, 11) is -3.45. The maximum Gasteiger partial charge on any atom is 0.209 e. The van der Waals surface area contributed by atoms with Gasteiger partial charge >= 0.3 is 0 Å². The molecule has 0 heterocycles. The van der Waals surface area contributed by atoms with Crippen LogP contribution in [-0.4, -0.2) is 20.0 Å². The third-order valence-electron chi connectivity index (χ3n) is 1.06. The molecule has 5 heteroatoms. The zero-order chi connectivity index (χ0) is 8.20. The Kier molecular flexibility index (Phi) is 3.52. The fourth-order valence-electron chi connectivity index (χ4n) is 0.433. The summed E-state index contributed by atoms with van der Waals surface area (Å²) in [5, 5.41) is 4.66. The van der Waals surface area contributed by atoms with Gasteiger partial charge in [-0.3, -0.25) is 4.79 Å². The Morgan fingerprint density at radius 2 is 2.00 bits per heavy atom. The summed E-state index contributed by atoms with van der Waals surface area (Å²) in [6.45, 7) is 1.69. The fourth-order valence-corrected chi connectivity index (χ4v) is 0.945. The number of Topliss-reactive ketones (excluding diaryl/α,β-unsaturated/α-hetero) is 1. The smallest absolute Gasteiger partial charge is 0.209 e. The van der Waals surface area contributed by atoms with E-state index in [-0.39, 0.29) is 18.0 Å². The summed E-state index contributed by atoms with van der Waals surface area (Å²) >= 11 is 0. The molecule has 0 aliphatic rings. The molecule has 2 N–H and O–H groups in total. The topological polar surface area (TPSA) is 77.2 Å². The first-order chi connectivity index (χ1) is 4.45. The molecule has 0 aliphatic heterocycles. The van der Waals surface area contributed by atoms with E-state index in [0.717, 1.165) is 0 Å². The highest BCUT2D eigenvalue weighted by molar-refractivity contribution is 7.89. The van der Waals surface area contributed by atoms with Crippen molar-refractivity contribution in [2.45, 2.75) is 19.8 Å². The van der Waals surface area contributed by atoms with E-state index in [1.54, 1.807) is 6.92 Å². The van der Waals surface area contributed by atoms with Gasteiger partial charge in [0.15, 0.2) is 0 Å². The van der Waals surface area contributed by atoms with Crippen molar-refractivity contribution in [2.75, 3.05) is 5.75 Å². The van der Waals surface area contributed by atoms with E-state index >= 15 is 0 Å². The molecule has 0 fully saturated rings. The van der Waals surface area contributed by atoms with Gasteiger partial charge in [-0.2, -0.15) is 0 Å². The standard InChI is InChI=1S/C5H11NO3S/c1-2-5(7)3-4-10(6,8)9/h2-4H2,1H3,(H2,6,8,9). The molecule has 4 nitrogen and oxygen atoms in total. The molecule has 0 bridgehead atoms. The maximum atomic E-state index is 10.5. The van der Waals surface area contributed by atoms with Gasteiger partial charge in [0.1, 0.15) is 5.78 Å². The quantitative estimate of drug-likeness (QED) is 0.618. The SMILES string of the molecule is CCC(=O)CCS(N)(=O)=O. The molecular weight excluding hydrogens is 154 g/mol. The molecule has 0 rings (SSSR count). The number of hydrogen-bond donors (Lipinski definition) is 1. The predicted octanol–water partition coefficient (Wildman–Crippen LogP) is -0.356. The summed E-state index contributed by atoms with van der Waals surface area (Å²) in [6.07, 6.45) is 0.408. The second-order valence-electron chi connectivity index (χ2n) is 2.01. The van der Waals surface area contributed by atoms with Gasteiger partial charge in [-0.25, -0.2) is 13.6 Å². The third kappa shape index (κ3) is 5.71. The molecular formula is C5H11NO3S. The summed E-state index contributed by atoms with van der Waals surface area (Å²) in [4.78, 5) is 10.5. The molecule has 0 radical (unpaired) electrons. The first-order valence-electron chi connectivity index (χ1n) is 2.98. The van der Waals surface area contributed by atoms with Crippen LogP contribution < -0.4 is 5.14 Å². The molecule has 60 valence electrons. The number of carbonyl (C=O) groups excluding carboxylic acids is 1. The first kappa shape index (κ1) is 9.58. The van der Waals surface area contributed by atoms with Crippen LogP contribution in [0.2, 0.25) is 0 Å². The van der Waals surface area contributed by atoms with Crippen LogP contribution in [0.1, 0.15) is 19.8 Å². The van der Waals surface area contributed by atoms with E-state index < -0.39 is 10.0 Å². The average Bonchev–Trinajstić information content (AvgIpc) is 1.81. The van der Waals surface area contributed by atoms with Crippen LogP contribution in [-0.2, 0) is 14.8 Å². The lowest BCUT2D eigenvalue weighted by atomic mass is 10.2. The second kappa shape index (κ2) is 3.68. The molecule has 0 aromatic rings. The summed E-state index contributed by atoms with van der Waals surface area (Å²) in [6, 6.07) is 0. The Morgan fingerprint density at radius 1 is 1.50 bits per heavy atom. The molecule has 0 saturated carbocycles. The fraction of sp³-hybridized carbons (Fsp3) is 0.800. The Balaban J connectivity index is 3.67. The minimum atomic E-state index is -3.45. The molecule has 0 saturated heterocycles. The highest BCUT2D eigenvalue weighted by atomic mass is 32.2. The Labute approximate surface area is 60.5 Å². The minimum Gasteiger partial charge on any atom is -0.300 e. The predicted molar refractivity (Wildman–Crippen MR) is 37.9 cm³/mol. The van der Waals surface area contributed by atoms with Gasteiger partial charge in [0.25, 0.3) is 0 Å². The lowest BCUT2D eigenvalue weighted by Crippen LogP contribution is -2.18. The third-order valence-corrected chi connectivity index (χ3v) is 1.83. The Bertz CT molecular complexity index is 207. The number of carbonyl (C=O) groups is 1. The van der Waals surface area contributed by atoms with E-state index in [0.29, 0.717) is 6.42 Å². The Morgan fingerprint density at radius 3 is 2.30 bits per heavy atom. The largest absolute Gasteiger partial charge is 0.300 e. The normalized spacial score (nSPS) is 11.4. The molecule has 0 atom stereocenters. The highest BCUT2D eigenvalue weighted by Gasteiger charge is 2.05. The van der Waals surface area contributed by atoms with Crippen molar-refractivity contribution in [1.29, 1.82) is 0 Å². The van der Waals surface area contributed by atoms with Gasteiger partial charge in [0.2, 0.25) is 10.0 Å². The van der Waals surface area contributed by atoms with Crippen LogP contribution in [0.5, 0.6) is 0 Å². The number of rotatable bonds is 4. The average molecular weight is 165 g/mol. The van der Waals surface area contributed by atoms with Crippen LogP contribution >= 0.6 is 0 Å². The van der Waals surface area contributed by atoms with Crippen LogP contribution in [0.3, 0.4) is 0 Å². The number of hydrogen-bond acceptors (Lipinski definition) is 3. The van der Waals surface area contributed by atoms with E-state index in [1.165, 1.54) is 0 Å². The van der Waals surface area contributed by atoms with Crippen molar-refractivity contribution in [2.24, 2.45) is 5.14 Å². The summed E-state index contributed by atoms with van der Waals surface area (Å²) in [5.74, 6) is -0.311. The van der Waals surface area contributed by atoms with Gasteiger partial charge in [0, 0.05) is 12.8 Å². The zero-order valence-corrected chi connectivity index (χ0v) is 6.65. The minimum absolute atomic E-state index is 0.0370. The van der Waals surface area contributed by atoms with Gasteiger partial charge in [-0.15, -0.1) is 0 Å². The van der Waals surface area contributed by atoms with Crippen LogP contribution in [0, 0.1) is 0 Å². The molecule has 0 amide bonds. The van der Waals surface area contributed by atoms with Crippen molar-refractivity contribution >= 4 is 15.8 Å². The van der Waals surface area contributed by atoms with Crippen molar-refractivity contribution in [1.82, 2.24) is 0 Å². The van der Waals surface area contributed by atoms with Gasteiger partial charge < -0.3 is 0 Å². The number of nitrogens with two attached hydrogens (primary N) is 1. The van der Waals surface area contributed by atoms with Crippen LogP contribution in [0.25, 0.3) is 0 Å². The van der Waals surface area contributed by atoms with Crippen molar-refractivity contribution in [3.63, 3.8) is 0 Å². The molecule has 0 aromatic carbocycles. The van der Waals surface area contributed by atoms with Crippen LogP contribution in [0.15, 0.2) is 0 Å². The van der Waals surface area contributed by atoms with Crippen LogP contribution in [0.4, 0.5) is 0 Å². The lowest BCUT2D eigenvalue weighted by molar-refractivity contribution is -0.118. The first-order valence-corrected chi connectivity index (χ1v) is 4.69. The molecule has 0 spiro atoms. The van der Waals surface area contributed by atoms with E-state index in [4.69, 9.17) is 0 Å². The van der Waals surface area contributed by atoms with Crippen molar-refractivity contribution in [3.8, 4) is 0 Å². The Hall–Kier alpha value is -0.420. The molecule has 0 aliphatic carbocycles. The number of sulfonamides is 1. The zero-order valence-electron chi connectivity index (χ0n) is 5.83. The van der Waals surface area contributed by atoms with Gasteiger partial charge in [-0.05, 0) is 0 Å². The van der Waals surface area contributed by atoms with E-state index in [2.05, 4.69) is 5.14 Å². The highest BCUT2D eigenvalue weighted by Crippen LogP contribution is 1.90. The number of ketones is 1. The second-order valence-corrected chi connectivity index (χ2v) is 3.74. The van der Waals surface area contributed by atoms with Crippen molar-refractivity contribution < 1.29 is 13.2 Å². The van der Waals surface area contributed by atoms with Gasteiger partial charge in [0.05, 0.1) is 5.75 Å². The summed E-state index contributed by atoms with van der Waals surface area (Å²) in [5.41, 5.74) is 0.